The van der Waals surface area contributed by atoms with E-state index in [1.807, 2.05) is 24.3 Å². The molecule has 1 aliphatic heterocycles. The maximum absolute atomic E-state index is 11.3. The monoisotopic (exact) mass is 264 g/mol. The highest BCUT2D eigenvalue weighted by molar-refractivity contribution is 5.79. The van der Waals surface area contributed by atoms with Gasteiger partial charge in [0.25, 0.3) is 0 Å². The van der Waals surface area contributed by atoms with Gasteiger partial charge in [-0.3, -0.25) is 4.79 Å². The fourth-order valence-electron chi connectivity index (χ4n) is 2.51. The normalized spacial score (nSPS) is 18.1. The van der Waals surface area contributed by atoms with E-state index >= 15 is 0 Å². The van der Waals surface area contributed by atoms with Crippen LogP contribution in [0.1, 0.15) is 12.8 Å². The number of hydrogen-bond donors (Lipinski definition) is 2. The van der Waals surface area contributed by atoms with Gasteiger partial charge in [0.15, 0.2) is 0 Å². The summed E-state index contributed by atoms with van der Waals surface area (Å²) in [4.78, 5) is 13.5. The first kappa shape index (κ1) is 13.7. The summed E-state index contributed by atoms with van der Waals surface area (Å²) in [6.07, 6.45) is 1.20. The van der Waals surface area contributed by atoms with Gasteiger partial charge in [0.1, 0.15) is 11.3 Å². The first-order valence-electron chi connectivity index (χ1n) is 6.42. The van der Waals surface area contributed by atoms with E-state index in [2.05, 4.69) is 10.2 Å². The van der Waals surface area contributed by atoms with Gasteiger partial charge in [-0.1, -0.05) is 0 Å². The Morgan fingerprint density at radius 1 is 1.32 bits per heavy atom. The molecule has 1 saturated heterocycles. The van der Waals surface area contributed by atoms with E-state index in [0.717, 1.165) is 24.5 Å². The van der Waals surface area contributed by atoms with E-state index < -0.39 is 11.5 Å². The van der Waals surface area contributed by atoms with Gasteiger partial charge in [-0.25, -0.2) is 0 Å². The third-order valence-corrected chi connectivity index (χ3v) is 3.94. The number of ether oxygens (including phenoxy) is 1. The average molecular weight is 264 g/mol. The predicted octanol–water partition coefficient (Wildman–Crippen LogP) is 1.34. The van der Waals surface area contributed by atoms with E-state index in [1.54, 1.807) is 14.2 Å². The van der Waals surface area contributed by atoms with Crippen LogP contribution in [0.5, 0.6) is 5.75 Å². The van der Waals surface area contributed by atoms with Gasteiger partial charge in [0.05, 0.1) is 7.11 Å². The number of nitrogens with one attached hydrogen (secondary N) is 1. The highest BCUT2D eigenvalue weighted by Crippen LogP contribution is 2.27. The molecule has 0 unspecified atom stereocenters. The standard InChI is InChI=1S/C14H20N2O3/c1-15-14(13(17)18)7-9-16(10-8-14)11-3-5-12(19-2)6-4-11/h3-6,15H,7-10H2,1-2H3,(H,17,18). The smallest absolute Gasteiger partial charge is 0.324 e. The van der Waals surface area contributed by atoms with Crippen molar-refractivity contribution in [1.29, 1.82) is 0 Å². The molecule has 0 saturated carbocycles. The molecule has 0 aromatic heterocycles. The molecule has 0 amide bonds. The van der Waals surface area contributed by atoms with Crippen LogP contribution < -0.4 is 15.0 Å². The van der Waals surface area contributed by atoms with Crippen LogP contribution >= 0.6 is 0 Å². The van der Waals surface area contributed by atoms with E-state index in [9.17, 15) is 9.90 Å². The van der Waals surface area contributed by atoms with Crippen LogP contribution in [0.3, 0.4) is 0 Å². The summed E-state index contributed by atoms with van der Waals surface area (Å²) in [7, 11) is 3.36. The van der Waals surface area contributed by atoms with Crippen molar-refractivity contribution in [2.75, 3.05) is 32.1 Å². The molecule has 0 aliphatic carbocycles. The number of carboxylic acids is 1. The minimum atomic E-state index is -0.775. The Kier molecular flexibility index (Phi) is 3.95. The maximum Gasteiger partial charge on any atom is 0.324 e. The Bertz CT molecular complexity index is 437. The number of benzene rings is 1. The minimum absolute atomic E-state index is 0.602. The summed E-state index contributed by atoms with van der Waals surface area (Å²) in [6.45, 7) is 1.47. The van der Waals surface area contributed by atoms with Crippen molar-refractivity contribution in [2.45, 2.75) is 18.4 Å². The number of hydrogen-bond acceptors (Lipinski definition) is 4. The molecule has 5 heteroatoms. The molecular weight excluding hydrogens is 244 g/mol. The lowest BCUT2D eigenvalue weighted by molar-refractivity contribution is -0.145. The Hall–Kier alpha value is -1.75. The molecule has 0 atom stereocenters. The van der Waals surface area contributed by atoms with Crippen molar-refractivity contribution in [1.82, 2.24) is 5.32 Å². The molecule has 1 heterocycles. The summed E-state index contributed by atoms with van der Waals surface area (Å²) in [5, 5.41) is 12.3. The van der Waals surface area contributed by atoms with Crippen LogP contribution in [0.15, 0.2) is 24.3 Å². The van der Waals surface area contributed by atoms with Crippen LogP contribution in [0.2, 0.25) is 0 Å². The minimum Gasteiger partial charge on any atom is -0.497 e. The molecule has 1 aliphatic rings. The van der Waals surface area contributed by atoms with Gasteiger partial charge in [-0.15, -0.1) is 0 Å². The van der Waals surface area contributed by atoms with Gasteiger partial charge in [-0.2, -0.15) is 0 Å². The van der Waals surface area contributed by atoms with Crippen LogP contribution in [0.25, 0.3) is 0 Å². The highest BCUT2D eigenvalue weighted by atomic mass is 16.5. The van der Waals surface area contributed by atoms with Crippen LogP contribution in [0.4, 0.5) is 5.69 Å². The molecule has 2 rings (SSSR count). The Morgan fingerprint density at radius 3 is 2.32 bits per heavy atom. The third kappa shape index (κ3) is 2.66. The van der Waals surface area contributed by atoms with Gasteiger partial charge in [0.2, 0.25) is 0 Å². The summed E-state index contributed by atoms with van der Waals surface area (Å²) in [6, 6.07) is 7.86. The molecule has 104 valence electrons. The fraction of sp³-hybridized carbons (Fsp3) is 0.500. The number of carbonyl (C=O) groups is 1. The number of piperidine rings is 1. The van der Waals surface area contributed by atoms with Crippen LogP contribution in [-0.2, 0) is 4.79 Å². The van der Waals surface area contributed by atoms with Gasteiger partial charge in [0, 0.05) is 18.8 Å². The van der Waals surface area contributed by atoms with Gasteiger partial charge in [-0.05, 0) is 44.2 Å². The first-order valence-corrected chi connectivity index (χ1v) is 6.42. The number of aliphatic carboxylic acids is 1. The van der Waals surface area contributed by atoms with E-state index in [0.29, 0.717) is 12.8 Å². The quantitative estimate of drug-likeness (QED) is 0.859. The maximum atomic E-state index is 11.3. The van der Waals surface area contributed by atoms with E-state index in [-0.39, 0.29) is 0 Å². The first-order chi connectivity index (χ1) is 9.11. The fourth-order valence-corrected chi connectivity index (χ4v) is 2.51. The average Bonchev–Trinajstić information content (AvgIpc) is 2.47. The number of carboxylic acid groups (broad SMARTS) is 1. The molecule has 0 spiro atoms. The molecule has 1 aromatic carbocycles. The number of nitrogens with zero attached hydrogens (tertiary/aromatic N) is 1. The summed E-state index contributed by atoms with van der Waals surface area (Å²) >= 11 is 0. The van der Waals surface area contributed by atoms with Crippen molar-refractivity contribution in [2.24, 2.45) is 0 Å². The molecular formula is C14H20N2O3. The van der Waals surface area contributed by atoms with Crippen molar-refractivity contribution in [3.8, 4) is 5.75 Å². The molecule has 5 nitrogen and oxygen atoms in total. The van der Waals surface area contributed by atoms with E-state index in [1.165, 1.54) is 0 Å². The van der Waals surface area contributed by atoms with Crippen molar-refractivity contribution >= 4 is 11.7 Å². The van der Waals surface area contributed by atoms with Crippen molar-refractivity contribution < 1.29 is 14.6 Å². The second-order valence-corrected chi connectivity index (χ2v) is 4.82. The second-order valence-electron chi connectivity index (χ2n) is 4.82. The molecule has 1 fully saturated rings. The summed E-state index contributed by atoms with van der Waals surface area (Å²) in [5.41, 5.74) is 0.332. The summed E-state index contributed by atoms with van der Waals surface area (Å²) < 4.78 is 5.13. The molecule has 19 heavy (non-hydrogen) atoms. The SMILES string of the molecule is CNC1(C(=O)O)CCN(c2ccc(OC)cc2)CC1. The second kappa shape index (κ2) is 5.48. The molecule has 1 aromatic rings. The van der Waals surface area contributed by atoms with Crippen molar-refractivity contribution in [3.63, 3.8) is 0 Å². The van der Waals surface area contributed by atoms with Gasteiger partial charge < -0.3 is 20.1 Å². The lowest BCUT2D eigenvalue weighted by atomic mass is 9.87. The number of rotatable bonds is 4. The zero-order valence-corrected chi connectivity index (χ0v) is 11.3. The Balaban J connectivity index is 2.04. The molecule has 2 N–H and O–H groups in total. The number of likely N-dealkylation sites (N-methyl/N-ethyl adjacent to an activating group) is 1. The molecule has 0 radical (unpaired) electrons. The lowest BCUT2D eigenvalue weighted by Crippen LogP contribution is -2.57. The zero-order valence-electron chi connectivity index (χ0n) is 11.3. The van der Waals surface area contributed by atoms with Gasteiger partial charge >= 0.3 is 5.97 Å². The lowest BCUT2D eigenvalue weighted by Gasteiger charge is -2.39. The van der Waals surface area contributed by atoms with Crippen molar-refractivity contribution in [3.05, 3.63) is 24.3 Å². The Labute approximate surface area is 113 Å². The van der Waals surface area contributed by atoms with E-state index in [4.69, 9.17) is 4.74 Å². The molecule has 0 bridgehead atoms. The van der Waals surface area contributed by atoms with Crippen LogP contribution in [-0.4, -0.2) is 43.9 Å². The largest absolute Gasteiger partial charge is 0.497 e. The number of anilines is 1. The summed E-state index contributed by atoms with van der Waals surface area (Å²) in [5.74, 6) is 0.0697. The topological polar surface area (TPSA) is 61.8 Å². The highest BCUT2D eigenvalue weighted by Gasteiger charge is 2.40. The predicted molar refractivity (Wildman–Crippen MR) is 73.9 cm³/mol. The zero-order chi connectivity index (χ0) is 13.9. The van der Waals surface area contributed by atoms with Crippen LogP contribution in [0, 0.1) is 0 Å². The number of methoxy groups -OCH3 is 1. The Morgan fingerprint density at radius 2 is 1.89 bits per heavy atom. The third-order valence-electron chi connectivity index (χ3n) is 3.94.